The highest BCUT2D eigenvalue weighted by atomic mass is 16.5. The minimum Gasteiger partial charge on any atom is -0.381 e. The van der Waals surface area contributed by atoms with E-state index in [4.69, 9.17) is 4.74 Å². The van der Waals surface area contributed by atoms with Gasteiger partial charge in [0.2, 0.25) is 11.8 Å². The minimum atomic E-state index is 0.336. The Morgan fingerprint density at radius 1 is 0.613 bits per heavy atom. The van der Waals surface area contributed by atoms with E-state index in [2.05, 4.69) is 9.80 Å². The lowest BCUT2D eigenvalue weighted by Gasteiger charge is -2.44. The van der Waals surface area contributed by atoms with Gasteiger partial charge in [0.25, 0.3) is 0 Å². The maximum absolute atomic E-state index is 12.7. The van der Waals surface area contributed by atoms with E-state index in [1.165, 1.54) is 77.0 Å². The molecule has 5 heteroatoms. The van der Waals surface area contributed by atoms with Crippen molar-refractivity contribution in [2.24, 2.45) is 11.8 Å². The molecule has 0 radical (unpaired) electrons. The highest BCUT2D eigenvalue weighted by molar-refractivity contribution is 5.77. The summed E-state index contributed by atoms with van der Waals surface area (Å²) in [6, 6.07) is 1.03. The molecule has 0 spiro atoms. The lowest BCUT2D eigenvalue weighted by Crippen LogP contribution is -2.49. The van der Waals surface area contributed by atoms with Crippen LogP contribution < -0.4 is 0 Å². The van der Waals surface area contributed by atoms with Crippen LogP contribution in [0.3, 0.4) is 0 Å². The zero-order chi connectivity index (χ0) is 21.5. The van der Waals surface area contributed by atoms with Crippen molar-refractivity contribution in [2.45, 2.75) is 115 Å². The molecule has 0 aromatic carbocycles. The van der Waals surface area contributed by atoms with E-state index in [1.807, 2.05) is 0 Å². The summed E-state index contributed by atoms with van der Waals surface area (Å²) in [5.41, 5.74) is 0. The number of hydrogen-bond donors (Lipinski definition) is 0. The van der Waals surface area contributed by atoms with Crippen LogP contribution >= 0.6 is 0 Å². The summed E-state index contributed by atoms with van der Waals surface area (Å²) < 4.78 is 5.78. The number of carbonyl (C=O) groups is 2. The zero-order valence-electron chi connectivity index (χ0n) is 19.6. The van der Waals surface area contributed by atoms with Gasteiger partial charge in [-0.05, 0) is 76.0 Å². The van der Waals surface area contributed by atoms with E-state index >= 15 is 0 Å². The summed E-state index contributed by atoms with van der Waals surface area (Å²) in [5, 5.41) is 0. The number of likely N-dealkylation sites (tertiary alicyclic amines) is 2. The molecule has 4 rings (SSSR count). The quantitative estimate of drug-likeness (QED) is 0.511. The third-order valence-corrected chi connectivity index (χ3v) is 8.49. The standard InChI is InChI=1S/C26H44N2O3/c29-25(27-17-5-11-21-9-1-3-13-23(21)27)15-7-19-31-20-8-16-26(30)28-18-6-12-22-10-2-4-14-24(22)28/h21-24H,1-20H2. The van der Waals surface area contributed by atoms with E-state index in [0.717, 1.165) is 37.8 Å². The third-order valence-electron chi connectivity index (χ3n) is 8.49. The molecule has 2 aliphatic heterocycles. The van der Waals surface area contributed by atoms with E-state index in [0.29, 0.717) is 50.0 Å². The molecule has 31 heavy (non-hydrogen) atoms. The van der Waals surface area contributed by atoms with Gasteiger partial charge < -0.3 is 14.5 Å². The molecular formula is C26H44N2O3. The van der Waals surface area contributed by atoms with E-state index < -0.39 is 0 Å². The van der Waals surface area contributed by atoms with Gasteiger partial charge in [-0.15, -0.1) is 0 Å². The van der Waals surface area contributed by atoms with Gasteiger partial charge in [0.05, 0.1) is 0 Å². The third kappa shape index (κ3) is 6.03. The van der Waals surface area contributed by atoms with Crippen molar-refractivity contribution in [3.05, 3.63) is 0 Å². The van der Waals surface area contributed by atoms with Crippen molar-refractivity contribution < 1.29 is 14.3 Å². The maximum Gasteiger partial charge on any atom is 0.222 e. The molecule has 0 aromatic heterocycles. The fourth-order valence-electron chi connectivity index (χ4n) is 6.91. The first-order chi connectivity index (χ1) is 15.2. The number of carbonyl (C=O) groups excluding carboxylic acids is 2. The van der Waals surface area contributed by atoms with E-state index in [9.17, 15) is 9.59 Å². The molecule has 4 fully saturated rings. The summed E-state index contributed by atoms with van der Waals surface area (Å²) in [6.07, 6.45) is 18.1. The van der Waals surface area contributed by atoms with Gasteiger partial charge in [-0.25, -0.2) is 0 Å². The average Bonchev–Trinajstić information content (AvgIpc) is 2.82. The van der Waals surface area contributed by atoms with Gasteiger partial charge in [0, 0.05) is 51.2 Å². The Labute approximate surface area is 189 Å². The van der Waals surface area contributed by atoms with Crippen molar-refractivity contribution in [3.8, 4) is 0 Å². The van der Waals surface area contributed by atoms with Crippen LogP contribution in [0, 0.1) is 11.8 Å². The van der Waals surface area contributed by atoms with Crippen LogP contribution in [0.15, 0.2) is 0 Å². The Kier molecular flexibility index (Phi) is 8.69. The predicted octanol–water partition coefficient (Wildman–Crippen LogP) is 4.93. The lowest BCUT2D eigenvalue weighted by atomic mass is 9.78. The molecule has 0 aromatic rings. The fourth-order valence-corrected chi connectivity index (χ4v) is 6.91. The molecule has 0 N–H and O–H groups in total. The molecule has 4 atom stereocenters. The number of fused-ring (bicyclic) bond motifs is 2. The van der Waals surface area contributed by atoms with Crippen molar-refractivity contribution >= 4 is 11.8 Å². The van der Waals surface area contributed by atoms with Crippen molar-refractivity contribution in [1.29, 1.82) is 0 Å². The second-order valence-corrected chi connectivity index (χ2v) is 10.5. The van der Waals surface area contributed by atoms with Crippen molar-refractivity contribution in [2.75, 3.05) is 26.3 Å². The Bertz CT molecular complexity index is 541. The number of hydrogen-bond acceptors (Lipinski definition) is 3. The molecule has 2 heterocycles. The van der Waals surface area contributed by atoms with Crippen LogP contribution in [-0.4, -0.2) is 60.0 Å². The second-order valence-electron chi connectivity index (χ2n) is 10.5. The molecule has 2 saturated carbocycles. The minimum absolute atomic E-state index is 0.336. The second kappa shape index (κ2) is 11.7. The number of piperidine rings is 2. The Morgan fingerprint density at radius 3 is 1.52 bits per heavy atom. The Balaban J connectivity index is 1.07. The Hall–Kier alpha value is -1.10. The number of ether oxygens (including phenoxy) is 1. The SMILES string of the molecule is O=C(CCCOCCCC(=O)N1CCCC2CCCCC21)N1CCCC2CCCCC21. The number of nitrogens with zero attached hydrogens (tertiary/aromatic N) is 2. The monoisotopic (exact) mass is 432 g/mol. The van der Waals surface area contributed by atoms with Crippen LogP contribution in [-0.2, 0) is 14.3 Å². The molecule has 176 valence electrons. The summed E-state index contributed by atoms with van der Waals surface area (Å²) in [4.78, 5) is 29.9. The highest BCUT2D eigenvalue weighted by Crippen LogP contribution is 2.36. The normalized spacial score (nSPS) is 31.1. The average molecular weight is 433 g/mol. The first-order valence-electron chi connectivity index (χ1n) is 13.4. The van der Waals surface area contributed by atoms with Gasteiger partial charge in [-0.2, -0.15) is 0 Å². The topological polar surface area (TPSA) is 49.9 Å². The molecule has 2 saturated heterocycles. The summed E-state index contributed by atoms with van der Waals surface area (Å²) >= 11 is 0. The van der Waals surface area contributed by atoms with Gasteiger partial charge in [0.1, 0.15) is 0 Å². The lowest BCUT2D eigenvalue weighted by molar-refractivity contribution is -0.138. The van der Waals surface area contributed by atoms with Crippen LogP contribution in [0.4, 0.5) is 0 Å². The smallest absolute Gasteiger partial charge is 0.222 e. The van der Waals surface area contributed by atoms with E-state index in [1.54, 1.807) is 0 Å². The molecular weight excluding hydrogens is 388 g/mol. The van der Waals surface area contributed by atoms with Crippen LogP contribution in [0.2, 0.25) is 0 Å². The molecule has 4 unspecified atom stereocenters. The molecule has 5 nitrogen and oxygen atoms in total. The Morgan fingerprint density at radius 2 is 1.03 bits per heavy atom. The summed E-state index contributed by atoms with van der Waals surface area (Å²) in [7, 11) is 0. The fraction of sp³-hybridized carbons (Fsp3) is 0.923. The number of amides is 2. The molecule has 2 aliphatic carbocycles. The van der Waals surface area contributed by atoms with Crippen LogP contribution in [0.1, 0.15) is 103 Å². The van der Waals surface area contributed by atoms with Gasteiger partial charge in [-0.1, -0.05) is 25.7 Å². The molecule has 0 bridgehead atoms. The first-order valence-corrected chi connectivity index (χ1v) is 13.4. The first kappa shape index (κ1) is 23.1. The molecule has 4 aliphatic rings. The van der Waals surface area contributed by atoms with E-state index in [-0.39, 0.29) is 0 Å². The van der Waals surface area contributed by atoms with Gasteiger partial charge in [0.15, 0.2) is 0 Å². The highest BCUT2D eigenvalue weighted by Gasteiger charge is 2.36. The summed E-state index contributed by atoms with van der Waals surface area (Å²) in [5.74, 6) is 2.18. The van der Waals surface area contributed by atoms with Crippen LogP contribution in [0.25, 0.3) is 0 Å². The van der Waals surface area contributed by atoms with Gasteiger partial charge in [-0.3, -0.25) is 9.59 Å². The van der Waals surface area contributed by atoms with Crippen molar-refractivity contribution in [3.63, 3.8) is 0 Å². The van der Waals surface area contributed by atoms with Crippen LogP contribution in [0.5, 0.6) is 0 Å². The predicted molar refractivity (Wildman–Crippen MR) is 123 cm³/mol. The maximum atomic E-state index is 12.7. The largest absolute Gasteiger partial charge is 0.381 e. The molecule has 2 amide bonds. The zero-order valence-corrected chi connectivity index (χ0v) is 19.6. The van der Waals surface area contributed by atoms with Gasteiger partial charge >= 0.3 is 0 Å². The summed E-state index contributed by atoms with van der Waals surface area (Å²) in [6.45, 7) is 3.19. The van der Waals surface area contributed by atoms with Crippen molar-refractivity contribution in [1.82, 2.24) is 9.80 Å². The number of rotatable bonds is 8.